The highest BCUT2D eigenvalue weighted by atomic mass is 19.4. The predicted octanol–water partition coefficient (Wildman–Crippen LogP) is 2.67. The van der Waals surface area contributed by atoms with Gasteiger partial charge >= 0.3 is 12.1 Å². The fourth-order valence-electron chi connectivity index (χ4n) is 2.42. The molecule has 0 aliphatic carbocycles. The van der Waals surface area contributed by atoms with Crippen LogP contribution in [0.5, 0.6) is 11.8 Å². The second-order valence-electron chi connectivity index (χ2n) is 5.33. The van der Waals surface area contributed by atoms with Gasteiger partial charge in [-0.05, 0) is 19.1 Å². The summed E-state index contributed by atoms with van der Waals surface area (Å²) < 4.78 is 54.0. The molecule has 0 bridgehead atoms. The van der Waals surface area contributed by atoms with E-state index >= 15 is 0 Å². The topological polar surface area (TPSA) is 100 Å². The second-order valence-corrected chi connectivity index (χ2v) is 5.33. The maximum atomic E-state index is 12.6. The zero-order valence-corrected chi connectivity index (χ0v) is 13.8. The van der Waals surface area contributed by atoms with Crippen LogP contribution in [0.15, 0.2) is 28.9 Å². The first-order valence-corrected chi connectivity index (χ1v) is 7.76. The molecule has 4 heterocycles. The Hall–Kier alpha value is -3.44. The highest BCUT2D eigenvalue weighted by molar-refractivity contribution is 5.94. The van der Waals surface area contributed by atoms with Crippen LogP contribution in [0.2, 0.25) is 0 Å². The van der Waals surface area contributed by atoms with Crippen LogP contribution in [-0.2, 0) is 0 Å². The first kappa shape index (κ1) is 17.0. The Morgan fingerprint density at radius 2 is 2.07 bits per heavy atom. The number of ether oxygens (including phenoxy) is 2. The van der Waals surface area contributed by atoms with Gasteiger partial charge < -0.3 is 14.0 Å². The molecule has 0 fully saturated rings. The Morgan fingerprint density at radius 1 is 1.22 bits per heavy atom. The second kappa shape index (κ2) is 6.37. The molecule has 0 unspecified atom stereocenters. The van der Waals surface area contributed by atoms with Crippen LogP contribution in [0.1, 0.15) is 6.92 Å². The standard InChI is InChI=1S/C15H11F3N6O3/c1-2-25-10-6-9(23-27-10)13-21-20-12-8-4-3-5-19-11(8)14(22-24(12)13)26-7-15(16,17)18/h3-6H,2,7H2,1H3. The molecule has 0 aliphatic heterocycles. The monoisotopic (exact) mass is 380 g/mol. The number of hydrogen-bond acceptors (Lipinski definition) is 8. The zero-order chi connectivity index (χ0) is 19.0. The number of aromatic nitrogens is 6. The number of nitrogens with zero attached hydrogens (tertiary/aromatic N) is 6. The van der Waals surface area contributed by atoms with Gasteiger partial charge in [-0.15, -0.1) is 15.3 Å². The van der Waals surface area contributed by atoms with E-state index in [1.807, 2.05) is 0 Å². The molecule has 27 heavy (non-hydrogen) atoms. The van der Waals surface area contributed by atoms with Crippen LogP contribution in [0.25, 0.3) is 28.1 Å². The van der Waals surface area contributed by atoms with Crippen molar-refractivity contribution in [3.63, 3.8) is 0 Å². The van der Waals surface area contributed by atoms with Gasteiger partial charge in [0.25, 0.3) is 5.88 Å². The van der Waals surface area contributed by atoms with E-state index in [1.165, 1.54) is 16.8 Å². The molecule has 9 nitrogen and oxygen atoms in total. The lowest BCUT2D eigenvalue weighted by Gasteiger charge is -2.10. The lowest BCUT2D eigenvalue weighted by molar-refractivity contribution is -0.154. The van der Waals surface area contributed by atoms with Crippen LogP contribution in [0.3, 0.4) is 0 Å². The van der Waals surface area contributed by atoms with Crippen LogP contribution in [0, 0.1) is 0 Å². The first-order valence-electron chi connectivity index (χ1n) is 7.76. The molecular weight excluding hydrogens is 369 g/mol. The van der Waals surface area contributed by atoms with Crippen molar-refractivity contribution in [3.05, 3.63) is 24.4 Å². The minimum atomic E-state index is -4.52. The van der Waals surface area contributed by atoms with Crippen molar-refractivity contribution in [2.75, 3.05) is 13.2 Å². The molecule has 0 aromatic carbocycles. The smallest absolute Gasteiger partial charge is 0.422 e. The number of pyridine rings is 1. The summed E-state index contributed by atoms with van der Waals surface area (Å²) in [5.74, 6) is 0.0209. The molecule has 0 saturated carbocycles. The van der Waals surface area contributed by atoms with E-state index in [2.05, 4.69) is 25.4 Å². The SMILES string of the molecule is CCOc1cc(-c2nnc3c4cccnc4c(OCC(F)(F)F)nn23)no1. The summed E-state index contributed by atoms with van der Waals surface area (Å²) in [7, 11) is 0. The Morgan fingerprint density at radius 3 is 2.85 bits per heavy atom. The fourth-order valence-corrected chi connectivity index (χ4v) is 2.42. The van der Waals surface area contributed by atoms with Crippen LogP contribution < -0.4 is 9.47 Å². The lowest BCUT2D eigenvalue weighted by atomic mass is 10.3. The number of halogens is 3. The molecule has 0 amide bonds. The predicted molar refractivity (Wildman–Crippen MR) is 84.3 cm³/mol. The first-order chi connectivity index (χ1) is 13.0. The molecule has 0 atom stereocenters. The minimum absolute atomic E-state index is 0.142. The van der Waals surface area contributed by atoms with Gasteiger partial charge in [0.2, 0.25) is 5.82 Å². The van der Waals surface area contributed by atoms with Gasteiger partial charge in [0.15, 0.2) is 17.9 Å². The molecular formula is C15H11F3N6O3. The van der Waals surface area contributed by atoms with Crippen LogP contribution >= 0.6 is 0 Å². The van der Waals surface area contributed by atoms with Crippen molar-refractivity contribution in [1.82, 2.24) is 30.0 Å². The molecule has 4 aromatic heterocycles. The Balaban J connectivity index is 1.86. The van der Waals surface area contributed by atoms with Gasteiger partial charge in [0, 0.05) is 6.20 Å². The van der Waals surface area contributed by atoms with Crippen molar-refractivity contribution in [1.29, 1.82) is 0 Å². The van der Waals surface area contributed by atoms with Gasteiger partial charge in [-0.25, -0.2) is 0 Å². The average molecular weight is 380 g/mol. The van der Waals surface area contributed by atoms with Gasteiger partial charge in [0.05, 0.1) is 18.1 Å². The summed E-state index contributed by atoms with van der Waals surface area (Å²) >= 11 is 0. The van der Waals surface area contributed by atoms with Crippen molar-refractivity contribution >= 4 is 16.6 Å². The van der Waals surface area contributed by atoms with Gasteiger partial charge in [-0.2, -0.15) is 17.7 Å². The third-order valence-corrected chi connectivity index (χ3v) is 3.46. The highest BCUT2D eigenvalue weighted by Crippen LogP contribution is 2.29. The summed E-state index contributed by atoms with van der Waals surface area (Å²) in [6.07, 6.45) is -3.10. The molecule has 4 aromatic rings. The van der Waals surface area contributed by atoms with E-state index in [4.69, 9.17) is 14.0 Å². The van der Waals surface area contributed by atoms with E-state index in [1.54, 1.807) is 19.1 Å². The van der Waals surface area contributed by atoms with E-state index in [-0.39, 0.29) is 34.5 Å². The normalized spacial score (nSPS) is 12.0. The summed E-state index contributed by atoms with van der Waals surface area (Å²) in [5, 5.41) is 16.4. The third kappa shape index (κ3) is 3.20. The molecule has 0 N–H and O–H groups in total. The van der Waals surface area contributed by atoms with Crippen LogP contribution in [-0.4, -0.2) is 49.3 Å². The van der Waals surface area contributed by atoms with Crippen molar-refractivity contribution < 1.29 is 27.2 Å². The summed E-state index contributed by atoms with van der Waals surface area (Å²) in [4.78, 5) is 4.05. The number of hydrogen-bond donors (Lipinski definition) is 0. The number of rotatable bonds is 5. The van der Waals surface area contributed by atoms with Crippen molar-refractivity contribution in [3.8, 4) is 23.3 Å². The lowest BCUT2D eigenvalue weighted by Crippen LogP contribution is -2.20. The van der Waals surface area contributed by atoms with Gasteiger partial charge in [-0.1, -0.05) is 5.16 Å². The summed E-state index contributed by atoms with van der Waals surface area (Å²) in [6, 6.07) is 4.73. The van der Waals surface area contributed by atoms with E-state index in [0.29, 0.717) is 12.0 Å². The summed E-state index contributed by atoms with van der Waals surface area (Å²) in [5.41, 5.74) is 0.681. The molecule has 0 aliphatic rings. The number of fused-ring (bicyclic) bond motifs is 3. The zero-order valence-electron chi connectivity index (χ0n) is 13.8. The van der Waals surface area contributed by atoms with Gasteiger partial charge in [-0.3, -0.25) is 4.98 Å². The molecule has 140 valence electrons. The average Bonchev–Trinajstić information content (AvgIpc) is 3.26. The number of alkyl halides is 3. The minimum Gasteiger partial charge on any atom is -0.465 e. The maximum Gasteiger partial charge on any atom is 0.422 e. The molecule has 4 rings (SSSR count). The van der Waals surface area contributed by atoms with E-state index in [9.17, 15) is 13.2 Å². The third-order valence-electron chi connectivity index (χ3n) is 3.46. The fraction of sp³-hybridized carbons (Fsp3) is 0.267. The van der Waals surface area contributed by atoms with E-state index < -0.39 is 12.8 Å². The highest BCUT2D eigenvalue weighted by Gasteiger charge is 2.30. The quantitative estimate of drug-likeness (QED) is 0.521. The Kier molecular flexibility index (Phi) is 4.01. The molecule has 0 radical (unpaired) electrons. The molecule has 0 saturated heterocycles. The van der Waals surface area contributed by atoms with E-state index in [0.717, 1.165) is 0 Å². The maximum absolute atomic E-state index is 12.6. The van der Waals surface area contributed by atoms with Crippen LogP contribution in [0.4, 0.5) is 13.2 Å². The Labute approximate surface area is 148 Å². The summed E-state index contributed by atoms with van der Waals surface area (Å²) in [6.45, 7) is 0.645. The van der Waals surface area contributed by atoms with Crippen molar-refractivity contribution in [2.24, 2.45) is 0 Å². The van der Waals surface area contributed by atoms with Crippen molar-refractivity contribution in [2.45, 2.75) is 13.1 Å². The largest absolute Gasteiger partial charge is 0.465 e. The molecule has 12 heteroatoms. The van der Waals surface area contributed by atoms with Gasteiger partial charge in [0.1, 0.15) is 5.52 Å². The Bertz CT molecular complexity index is 1110. The molecule has 0 spiro atoms.